The standard InChI is InChI=1S/C10H8F2N2O2/c11-5-1-2-7(12)6(3-5)8-4-9(10(13)15)16-14-8/h1-3,9H,4H2,(H2,13,15). The van der Waals surface area contributed by atoms with Crippen LogP contribution < -0.4 is 5.73 Å². The minimum absolute atomic E-state index is 0.0104. The van der Waals surface area contributed by atoms with E-state index in [-0.39, 0.29) is 17.7 Å². The molecule has 84 valence electrons. The highest BCUT2D eigenvalue weighted by Crippen LogP contribution is 2.19. The molecular weight excluding hydrogens is 218 g/mol. The molecule has 1 aromatic carbocycles. The number of carbonyl (C=O) groups excluding carboxylic acids is 1. The lowest BCUT2D eigenvalue weighted by molar-refractivity contribution is -0.127. The molecule has 6 heteroatoms. The molecule has 4 nitrogen and oxygen atoms in total. The number of nitrogens with zero attached hydrogens (tertiary/aromatic N) is 1. The maximum absolute atomic E-state index is 13.3. The van der Waals surface area contributed by atoms with Crippen molar-refractivity contribution in [2.24, 2.45) is 10.9 Å². The second kappa shape index (κ2) is 3.88. The first-order chi connectivity index (χ1) is 7.58. The Morgan fingerprint density at radius 1 is 1.50 bits per heavy atom. The van der Waals surface area contributed by atoms with Gasteiger partial charge in [-0.25, -0.2) is 8.78 Å². The predicted octanol–water partition coefficient (Wildman–Crippen LogP) is 0.943. The fraction of sp³-hybridized carbons (Fsp3) is 0.200. The van der Waals surface area contributed by atoms with Gasteiger partial charge in [-0.2, -0.15) is 0 Å². The first-order valence-corrected chi connectivity index (χ1v) is 4.55. The van der Waals surface area contributed by atoms with Crippen LogP contribution >= 0.6 is 0 Å². The van der Waals surface area contributed by atoms with E-state index in [4.69, 9.17) is 10.6 Å². The predicted molar refractivity (Wildman–Crippen MR) is 51.6 cm³/mol. The van der Waals surface area contributed by atoms with Gasteiger partial charge in [0.1, 0.15) is 11.6 Å². The SMILES string of the molecule is NC(=O)C1CC(c2cc(F)ccc2F)=NO1. The third-order valence-corrected chi connectivity index (χ3v) is 2.23. The van der Waals surface area contributed by atoms with Gasteiger partial charge in [-0.05, 0) is 18.2 Å². The lowest BCUT2D eigenvalue weighted by atomic mass is 10.0. The van der Waals surface area contributed by atoms with E-state index in [1.54, 1.807) is 0 Å². The summed E-state index contributed by atoms with van der Waals surface area (Å²) in [6.07, 6.45) is -0.854. The molecule has 0 radical (unpaired) electrons. The first-order valence-electron chi connectivity index (χ1n) is 4.55. The highest BCUT2D eigenvalue weighted by molar-refractivity contribution is 6.04. The summed E-state index contributed by atoms with van der Waals surface area (Å²) in [6.45, 7) is 0. The quantitative estimate of drug-likeness (QED) is 0.815. The molecule has 1 aliphatic heterocycles. The van der Waals surface area contributed by atoms with Crippen molar-refractivity contribution in [3.05, 3.63) is 35.4 Å². The Morgan fingerprint density at radius 2 is 2.25 bits per heavy atom. The largest absolute Gasteiger partial charge is 0.382 e. The van der Waals surface area contributed by atoms with E-state index >= 15 is 0 Å². The normalized spacial score (nSPS) is 19.1. The van der Waals surface area contributed by atoms with Crippen LogP contribution in [0, 0.1) is 11.6 Å². The minimum atomic E-state index is -0.905. The van der Waals surface area contributed by atoms with E-state index < -0.39 is 23.6 Å². The van der Waals surface area contributed by atoms with Crippen LogP contribution in [-0.4, -0.2) is 17.7 Å². The van der Waals surface area contributed by atoms with Crippen molar-refractivity contribution in [2.75, 3.05) is 0 Å². The van der Waals surface area contributed by atoms with Gasteiger partial charge in [0, 0.05) is 12.0 Å². The van der Waals surface area contributed by atoms with Gasteiger partial charge >= 0.3 is 0 Å². The van der Waals surface area contributed by atoms with Crippen molar-refractivity contribution in [1.29, 1.82) is 0 Å². The maximum Gasteiger partial charge on any atom is 0.261 e. The Bertz CT molecular complexity index is 474. The Hall–Kier alpha value is -1.98. The number of hydrogen-bond donors (Lipinski definition) is 1. The fourth-order valence-electron chi connectivity index (χ4n) is 1.41. The summed E-state index contributed by atoms with van der Waals surface area (Å²) in [5.74, 6) is -1.88. The Balaban J connectivity index is 2.27. The van der Waals surface area contributed by atoms with Crippen LogP contribution in [0.2, 0.25) is 0 Å². The molecule has 1 heterocycles. The number of halogens is 2. The Kier molecular flexibility index (Phi) is 2.55. The number of hydrogen-bond acceptors (Lipinski definition) is 3. The molecule has 2 rings (SSSR count). The summed E-state index contributed by atoms with van der Waals surface area (Å²) in [5.41, 5.74) is 5.17. The van der Waals surface area contributed by atoms with Crippen molar-refractivity contribution in [2.45, 2.75) is 12.5 Å². The van der Waals surface area contributed by atoms with Gasteiger partial charge in [0.05, 0.1) is 5.71 Å². The average molecular weight is 226 g/mol. The lowest BCUT2D eigenvalue weighted by Crippen LogP contribution is -2.28. The van der Waals surface area contributed by atoms with Gasteiger partial charge in [-0.3, -0.25) is 4.79 Å². The average Bonchev–Trinajstić information content (AvgIpc) is 2.70. The molecule has 1 atom stereocenters. The van der Waals surface area contributed by atoms with E-state index in [2.05, 4.69) is 5.16 Å². The molecule has 0 saturated carbocycles. The molecule has 1 unspecified atom stereocenters. The number of benzene rings is 1. The van der Waals surface area contributed by atoms with Gasteiger partial charge in [0.2, 0.25) is 6.10 Å². The molecule has 1 aliphatic rings. The molecule has 0 saturated heterocycles. The van der Waals surface area contributed by atoms with Crippen molar-refractivity contribution < 1.29 is 18.4 Å². The van der Waals surface area contributed by atoms with E-state index in [1.807, 2.05) is 0 Å². The number of primary amides is 1. The zero-order valence-corrected chi connectivity index (χ0v) is 8.11. The highest BCUT2D eigenvalue weighted by atomic mass is 19.1. The van der Waals surface area contributed by atoms with Crippen LogP contribution in [-0.2, 0) is 9.63 Å². The molecule has 0 aromatic heterocycles. The molecule has 0 fully saturated rings. The van der Waals surface area contributed by atoms with Gasteiger partial charge in [-0.1, -0.05) is 5.16 Å². The van der Waals surface area contributed by atoms with Crippen LogP contribution in [0.3, 0.4) is 0 Å². The van der Waals surface area contributed by atoms with Crippen LogP contribution in [0.25, 0.3) is 0 Å². The zero-order chi connectivity index (χ0) is 11.7. The topological polar surface area (TPSA) is 64.7 Å². The third kappa shape index (κ3) is 1.86. The van der Waals surface area contributed by atoms with Gasteiger partial charge in [-0.15, -0.1) is 0 Å². The van der Waals surface area contributed by atoms with Crippen molar-refractivity contribution in [1.82, 2.24) is 0 Å². The molecule has 16 heavy (non-hydrogen) atoms. The van der Waals surface area contributed by atoms with Crippen molar-refractivity contribution in [3.63, 3.8) is 0 Å². The Labute approximate surface area is 89.7 Å². The molecule has 0 bridgehead atoms. The fourth-order valence-corrected chi connectivity index (χ4v) is 1.41. The van der Waals surface area contributed by atoms with Gasteiger partial charge in [0.25, 0.3) is 5.91 Å². The highest BCUT2D eigenvalue weighted by Gasteiger charge is 2.28. The van der Waals surface area contributed by atoms with Crippen molar-refractivity contribution >= 4 is 11.6 Å². The van der Waals surface area contributed by atoms with Crippen LogP contribution in [0.5, 0.6) is 0 Å². The molecule has 2 N–H and O–H groups in total. The maximum atomic E-state index is 13.3. The monoisotopic (exact) mass is 226 g/mol. The molecule has 0 spiro atoms. The van der Waals surface area contributed by atoms with E-state index in [0.717, 1.165) is 18.2 Å². The summed E-state index contributed by atoms with van der Waals surface area (Å²) < 4.78 is 26.2. The number of carbonyl (C=O) groups is 1. The first kappa shape index (κ1) is 10.5. The number of amides is 1. The zero-order valence-electron chi connectivity index (χ0n) is 8.11. The number of oxime groups is 1. The Morgan fingerprint density at radius 3 is 2.88 bits per heavy atom. The smallest absolute Gasteiger partial charge is 0.261 e. The number of rotatable bonds is 2. The lowest BCUT2D eigenvalue weighted by Gasteiger charge is -2.02. The van der Waals surface area contributed by atoms with E-state index in [9.17, 15) is 13.6 Å². The summed E-state index contributed by atoms with van der Waals surface area (Å²) in [7, 11) is 0. The third-order valence-electron chi connectivity index (χ3n) is 2.23. The van der Waals surface area contributed by atoms with Gasteiger partial charge in [0.15, 0.2) is 0 Å². The summed E-state index contributed by atoms with van der Waals surface area (Å²) >= 11 is 0. The molecule has 1 aromatic rings. The summed E-state index contributed by atoms with van der Waals surface area (Å²) in [4.78, 5) is 15.5. The van der Waals surface area contributed by atoms with Crippen LogP contribution in [0.4, 0.5) is 8.78 Å². The summed E-state index contributed by atoms with van der Waals surface area (Å²) in [5, 5.41) is 3.52. The minimum Gasteiger partial charge on any atom is -0.382 e. The number of nitrogens with two attached hydrogens (primary N) is 1. The second-order valence-corrected chi connectivity index (χ2v) is 3.36. The second-order valence-electron chi connectivity index (χ2n) is 3.36. The molecule has 0 aliphatic carbocycles. The van der Waals surface area contributed by atoms with E-state index in [1.165, 1.54) is 0 Å². The molecule has 1 amide bonds. The molecular formula is C10H8F2N2O2. The van der Waals surface area contributed by atoms with Gasteiger partial charge < -0.3 is 10.6 Å². The van der Waals surface area contributed by atoms with Crippen LogP contribution in [0.15, 0.2) is 23.4 Å². The van der Waals surface area contributed by atoms with Crippen molar-refractivity contribution in [3.8, 4) is 0 Å². The van der Waals surface area contributed by atoms with E-state index in [0.29, 0.717) is 0 Å². The summed E-state index contributed by atoms with van der Waals surface area (Å²) in [6, 6.07) is 2.99. The van der Waals surface area contributed by atoms with Crippen LogP contribution in [0.1, 0.15) is 12.0 Å².